The average molecular weight is 501 g/mol. The van der Waals surface area contributed by atoms with Gasteiger partial charge in [-0.2, -0.15) is 0 Å². The number of amides is 3. The molecular weight excluding hydrogens is 460 g/mol. The summed E-state index contributed by atoms with van der Waals surface area (Å²) in [5, 5.41) is 3.15. The quantitative estimate of drug-likeness (QED) is 0.495. The molecule has 1 atom stereocenters. The molecule has 4 rings (SSSR count). The summed E-state index contributed by atoms with van der Waals surface area (Å²) >= 11 is 0. The van der Waals surface area contributed by atoms with Crippen LogP contribution in [-0.2, 0) is 9.59 Å². The Bertz CT molecular complexity index is 925. The first kappa shape index (κ1) is 26.3. The fraction of sp³-hybridized carbons (Fsp3) is 0.667. The van der Waals surface area contributed by atoms with Crippen molar-refractivity contribution in [3.05, 3.63) is 23.8 Å². The van der Waals surface area contributed by atoms with E-state index in [1.807, 2.05) is 9.80 Å². The van der Waals surface area contributed by atoms with E-state index in [1.54, 1.807) is 32.4 Å². The van der Waals surface area contributed by atoms with E-state index < -0.39 is 0 Å². The van der Waals surface area contributed by atoms with Gasteiger partial charge in [0.1, 0.15) is 0 Å². The van der Waals surface area contributed by atoms with E-state index in [0.29, 0.717) is 68.7 Å². The van der Waals surface area contributed by atoms with Crippen LogP contribution in [0.5, 0.6) is 11.5 Å². The van der Waals surface area contributed by atoms with Gasteiger partial charge in [-0.3, -0.25) is 19.3 Å². The third kappa shape index (κ3) is 6.11. The Balaban J connectivity index is 1.32. The van der Waals surface area contributed by atoms with Gasteiger partial charge in [-0.05, 0) is 49.8 Å². The van der Waals surface area contributed by atoms with Gasteiger partial charge in [0, 0.05) is 57.8 Å². The van der Waals surface area contributed by atoms with E-state index in [9.17, 15) is 14.4 Å². The van der Waals surface area contributed by atoms with E-state index in [-0.39, 0.29) is 23.8 Å². The molecule has 198 valence electrons. The highest BCUT2D eigenvalue weighted by Gasteiger charge is 2.37. The standard InChI is InChI=1S/C27H40N4O5/c1-35-22-11-10-21(19-23(22)36-2)27(34)31-17-15-30(16-18-31)25(20-7-3-4-8-20)26(33)28-12-6-14-29-13-5-9-24(29)32/h10-11,19-20,25H,3-9,12-18H2,1-2H3,(H,28,33). The molecule has 2 saturated heterocycles. The lowest BCUT2D eigenvalue weighted by Gasteiger charge is -2.40. The van der Waals surface area contributed by atoms with Crippen molar-refractivity contribution in [2.75, 3.05) is 60.0 Å². The molecule has 3 fully saturated rings. The van der Waals surface area contributed by atoms with Crippen LogP contribution in [0.25, 0.3) is 0 Å². The van der Waals surface area contributed by atoms with Gasteiger partial charge in [-0.15, -0.1) is 0 Å². The Morgan fingerprint density at radius 1 is 1.00 bits per heavy atom. The minimum absolute atomic E-state index is 0.0334. The number of carbonyl (C=O) groups is 3. The summed E-state index contributed by atoms with van der Waals surface area (Å²) < 4.78 is 10.6. The third-order valence-electron chi connectivity index (χ3n) is 7.82. The molecule has 9 heteroatoms. The van der Waals surface area contributed by atoms with Crippen LogP contribution in [0, 0.1) is 5.92 Å². The molecule has 3 amide bonds. The van der Waals surface area contributed by atoms with Crippen LogP contribution >= 0.6 is 0 Å². The second-order valence-corrected chi connectivity index (χ2v) is 10.0. The topological polar surface area (TPSA) is 91.4 Å². The number of rotatable bonds is 10. The van der Waals surface area contributed by atoms with Crippen molar-refractivity contribution in [2.24, 2.45) is 5.92 Å². The number of nitrogens with zero attached hydrogens (tertiary/aromatic N) is 3. The lowest BCUT2D eigenvalue weighted by atomic mass is 9.95. The zero-order valence-corrected chi connectivity index (χ0v) is 21.7. The first-order valence-electron chi connectivity index (χ1n) is 13.3. The van der Waals surface area contributed by atoms with Crippen LogP contribution in [0.2, 0.25) is 0 Å². The van der Waals surface area contributed by atoms with E-state index >= 15 is 0 Å². The summed E-state index contributed by atoms with van der Waals surface area (Å²) in [5.41, 5.74) is 0.572. The summed E-state index contributed by atoms with van der Waals surface area (Å²) in [6.07, 6.45) is 6.86. The van der Waals surface area contributed by atoms with Crippen molar-refractivity contribution in [2.45, 2.75) is 51.0 Å². The fourth-order valence-electron chi connectivity index (χ4n) is 5.83. The molecule has 36 heavy (non-hydrogen) atoms. The second kappa shape index (κ2) is 12.4. The zero-order valence-electron chi connectivity index (χ0n) is 21.7. The number of nitrogens with one attached hydrogen (secondary N) is 1. The molecule has 1 unspecified atom stereocenters. The van der Waals surface area contributed by atoms with Gasteiger partial charge in [0.25, 0.3) is 5.91 Å². The smallest absolute Gasteiger partial charge is 0.254 e. The highest BCUT2D eigenvalue weighted by Crippen LogP contribution is 2.32. The number of benzene rings is 1. The van der Waals surface area contributed by atoms with Crippen LogP contribution in [0.15, 0.2) is 18.2 Å². The molecule has 0 bridgehead atoms. The Hall–Kier alpha value is -2.81. The number of carbonyl (C=O) groups excluding carboxylic acids is 3. The lowest BCUT2D eigenvalue weighted by Crippen LogP contribution is -2.58. The lowest BCUT2D eigenvalue weighted by molar-refractivity contribution is -0.129. The van der Waals surface area contributed by atoms with Gasteiger partial charge < -0.3 is 24.6 Å². The van der Waals surface area contributed by atoms with Crippen LogP contribution in [-0.4, -0.2) is 98.5 Å². The zero-order chi connectivity index (χ0) is 25.5. The van der Waals surface area contributed by atoms with Gasteiger partial charge in [0.05, 0.1) is 20.3 Å². The van der Waals surface area contributed by atoms with Crippen LogP contribution < -0.4 is 14.8 Å². The minimum Gasteiger partial charge on any atom is -0.493 e. The predicted molar refractivity (Wildman–Crippen MR) is 136 cm³/mol. The number of methoxy groups -OCH3 is 2. The number of hydrogen-bond donors (Lipinski definition) is 1. The first-order valence-corrected chi connectivity index (χ1v) is 13.3. The summed E-state index contributed by atoms with van der Waals surface area (Å²) in [6, 6.07) is 5.08. The Morgan fingerprint density at radius 2 is 1.72 bits per heavy atom. The molecule has 3 aliphatic rings. The van der Waals surface area contributed by atoms with E-state index in [2.05, 4.69) is 10.2 Å². The van der Waals surface area contributed by atoms with Crippen molar-refractivity contribution in [1.82, 2.24) is 20.0 Å². The predicted octanol–water partition coefficient (Wildman–Crippen LogP) is 2.15. The highest BCUT2D eigenvalue weighted by atomic mass is 16.5. The molecule has 0 aromatic heterocycles. The molecule has 2 heterocycles. The average Bonchev–Trinajstić information content (AvgIpc) is 3.58. The Kier molecular flexibility index (Phi) is 9.07. The van der Waals surface area contributed by atoms with Gasteiger partial charge >= 0.3 is 0 Å². The van der Waals surface area contributed by atoms with Gasteiger partial charge in [0.15, 0.2) is 11.5 Å². The van der Waals surface area contributed by atoms with Crippen molar-refractivity contribution in [3.63, 3.8) is 0 Å². The summed E-state index contributed by atoms with van der Waals surface area (Å²) in [5.74, 6) is 1.78. The SMILES string of the molecule is COc1ccc(C(=O)N2CCN(C(C(=O)NCCCN3CCCC3=O)C3CCCC3)CC2)cc1OC. The van der Waals surface area contributed by atoms with Crippen molar-refractivity contribution < 1.29 is 23.9 Å². The molecule has 1 aromatic rings. The monoisotopic (exact) mass is 500 g/mol. The van der Waals surface area contributed by atoms with Crippen molar-refractivity contribution in [3.8, 4) is 11.5 Å². The van der Waals surface area contributed by atoms with Crippen LogP contribution in [0.1, 0.15) is 55.3 Å². The molecule has 9 nitrogen and oxygen atoms in total. The van der Waals surface area contributed by atoms with Gasteiger partial charge in [-0.25, -0.2) is 0 Å². The summed E-state index contributed by atoms with van der Waals surface area (Å²) in [7, 11) is 3.13. The minimum atomic E-state index is -0.153. The molecule has 0 spiro atoms. The number of piperazine rings is 1. The van der Waals surface area contributed by atoms with Gasteiger partial charge in [0.2, 0.25) is 11.8 Å². The maximum Gasteiger partial charge on any atom is 0.254 e. The molecule has 2 aliphatic heterocycles. The largest absolute Gasteiger partial charge is 0.493 e. The maximum absolute atomic E-state index is 13.3. The first-order chi connectivity index (χ1) is 17.5. The Morgan fingerprint density at radius 3 is 2.36 bits per heavy atom. The van der Waals surface area contributed by atoms with E-state index in [1.165, 1.54) is 12.8 Å². The van der Waals surface area contributed by atoms with Crippen molar-refractivity contribution in [1.29, 1.82) is 0 Å². The third-order valence-corrected chi connectivity index (χ3v) is 7.82. The molecule has 1 aliphatic carbocycles. The highest BCUT2D eigenvalue weighted by molar-refractivity contribution is 5.95. The normalized spacial score (nSPS) is 20.0. The molecule has 1 aromatic carbocycles. The van der Waals surface area contributed by atoms with Crippen LogP contribution in [0.3, 0.4) is 0 Å². The van der Waals surface area contributed by atoms with Gasteiger partial charge in [-0.1, -0.05) is 12.8 Å². The van der Waals surface area contributed by atoms with E-state index in [0.717, 1.165) is 32.2 Å². The second-order valence-electron chi connectivity index (χ2n) is 10.0. The fourth-order valence-corrected chi connectivity index (χ4v) is 5.83. The Labute approximate surface area is 214 Å². The summed E-state index contributed by atoms with van der Waals surface area (Å²) in [6.45, 7) is 4.66. The molecule has 0 radical (unpaired) electrons. The number of ether oxygens (including phenoxy) is 2. The molecular formula is C27H40N4O5. The summed E-state index contributed by atoms with van der Waals surface area (Å²) in [4.78, 5) is 44.3. The maximum atomic E-state index is 13.3. The van der Waals surface area contributed by atoms with E-state index in [4.69, 9.17) is 9.47 Å². The molecule has 1 N–H and O–H groups in total. The molecule has 1 saturated carbocycles. The number of hydrogen-bond acceptors (Lipinski definition) is 6. The number of likely N-dealkylation sites (tertiary alicyclic amines) is 1. The van der Waals surface area contributed by atoms with Crippen LogP contribution in [0.4, 0.5) is 0 Å². The van der Waals surface area contributed by atoms with Crippen molar-refractivity contribution >= 4 is 17.7 Å².